The summed E-state index contributed by atoms with van der Waals surface area (Å²) in [6, 6.07) is 9.49. The minimum Gasteiger partial charge on any atom is -0.497 e. The monoisotopic (exact) mass is 443 g/mol. The number of aromatic nitrogens is 2. The number of carbonyl (C=O) groups is 1. The van der Waals surface area contributed by atoms with Crippen molar-refractivity contribution < 1.29 is 13.9 Å². The van der Waals surface area contributed by atoms with Crippen LogP contribution in [0.2, 0.25) is 8.67 Å². The van der Waals surface area contributed by atoms with Gasteiger partial charge in [0.25, 0.3) is 5.89 Å². The van der Waals surface area contributed by atoms with E-state index in [1.165, 1.54) is 11.3 Å². The number of anilines is 1. The SMILES string of the molecule is COc1ccc(SCCCC(=O)Nc2nnc(-c3cc(Cl)sc3Cl)o2)cc1. The zero-order chi connectivity index (χ0) is 19.2. The van der Waals surface area contributed by atoms with Crippen LogP contribution in [0.15, 0.2) is 39.6 Å². The average Bonchev–Trinajstić information content (AvgIpc) is 3.24. The van der Waals surface area contributed by atoms with E-state index in [2.05, 4.69) is 15.5 Å². The van der Waals surface area contributed by atoms with Crippen molar-refractivity contribution in [1.29, 1.82) is 0 Å². The topological polar surface area (TPSA) is 77.2 Å². The number of thioether (sulfide) groups is 1. The Labute approximate surface area is 174 Å². The first-order valence-electron chi connectivity index (χ1n) is 7.90. The van der Waals surface area contributed by atoms with Gasteiger partial charge in [0, 0.05) is 11.3 Å². The highest BCUT2D eigenvalue weighted by Gasteiger charge is 2.16. The van der Waals surface area contributed by atoms with Crippen LogP contribution in [0, 0.1) is 0 Å². The lowest BCUT2D eigenvalue weighted by Gasteiger charge is -2.03. The standard InChI is InChI=1S/C17H15Cl2N3O3S2/c1-24-10-4-6-11(7-5-10)26-8-2-3-14(23)20-17-22-21-16(25-17)12-9-13(18)27-15(12)19/h4-7,9H,2-3,8H2,1H3,(H,20,22,23). The summed E-state index contributed by atoms with van der Waals surface area (Å²) >= 11 is 14.8. The van der Waals surface area contributed by atoms with Crippen LogP contribution in [0.1, 0.15) is 12.8 Å². The molecule has 2 heterocycles. The number of hydrogen-bond acceptors (Lipinski definition) is 7. The summed E-state index contributed by atoms with van der Waals surface area (Å²) in [5.41, 5.74) is 0.551. The van der Waals surface area contributed by atoms with Crippen LogP contribution in [0.3, 0.4) is 0 Å². The van der Waals surface area contributed by atoms with Crippen molar-refractivity contribution in [2.45, 2.75) is 17.7 Å². The molecular weight excluding hydrogens is 429 g/mol. The molecular formula is C17H15Cl2N3O3S2. The molecule has 0 spiro atoms. The second kappa shape index (κ2) is 9.45. The fourth-order valence-corrected chi connectivity index (χ4v) is 4.45. The molecule has 1 amide bonds. The molecule has 0 bridgehead atoms. The average molecular weight is 444 g/mol. The Morgan fingerprint density at radius 2 is 2.07 bits per heavy atom. The molecule has 0 aliphatic heterocycles. The van der Waals surface area contributed by atoms with Gasteiger partial charge in [0.15, 0.2) is 0 Å². The Kier molecular flexibility index (Phi) is 7.01. The fourth-order valence-electron chi connectivity index (χ4n) is 2.15. The largest absolute Gasteiger partial charge is 0.497 e. The van der Waals surface area contributed by atoms with E-state index >= 15 is 0 Å². The summed E-state index contributed by atoms with van der Waals surface area (Å²) in [7, 11) is 1.64. The smallest absolute Gasteiger partial charge is 0.322 e. The summed E-state index contributed by atoms with van der Waals surface area (Å²) in [4.78, 5) is 13.1. The predicted molar refractivity (Wildman–Crippen MR) is 109 cm³/mol. The zero-order valence-electron chi connectivity index (χ0n) is 14.2. The van der Waals surface area contributed by atoms with Crippen LogP contribution >= 0.6 is 46.3 Å². The highest BCUT2D eigenvalue weighted by Crippen LogP contribution is 2.37. The number of hydrogen-bond donors (Lipinski definition) is 1. The summed E-state index contributed by atoms with van der Waals surface area (Å²) in [6.45, 7) is 0. The number of nitrogens with zero attached hydrogens (tertiary/aromatic N) is 2. The van der Waals surface area contributed by atoms with Gasteiger partial charge in [-0.05, 0) is 42.5 Å². The third kappa shape index (κ3) is 5.62. The van der Waals surface area contributed by atoms with E-state index in [0.717, 1.165) is 22.8 Å². The molecule has 0 unspecified atom stereocenters. The summed E-state index contributed by atoms with van der Waals surface area (Å²) in [5.74, 6) is 1.67. The van der Waals surface area contributed by atoms with Crippen molar-refractivity contribution in [3.05, 3.63) is 39.0 Å². The van der Waals surface area contributed by atoms with Gasteiger partial charge in [0.1, 0.15) is 10.1 Å². The van der Waals surface area contributed by atoms with E-state index in [1.807, 2.05) is 24.3 Å². The molecule has 10 heteroatoms. The van der Waals surface area contributed by atoms with Gasteiger partial charge in [-0.25, -0.2) is 0 Å². The first-order chi connectivity index (χ1) is 13.0. The third-order valence-electron chi connectivity index (χ3n) is 3.43. The van der Waals surface area contributed by atoms with Crippen LogP contribution in [0.25, 0.3) is 11.5 Å². The molecule has 0 saturated heterocycles. The minimum absolute atomic E-state index is 0.0381. The number of halogens is 2. The molecule has 3 aromatic rings. The van der Waals surface area contributed by atoms with Crippen molar-refractivity contribution >= 4 is 58.2 Å². The van der Waals surface area contributed by atoms with Crippen LogP contribution in [0.4, 0.5) is 6.01 Å². The molecule has 2 aromatic heterocycles. The number of carbonyl (C=O) groups excluding carboxylic acids is 1. The summed E-state index contributed by atoms with van der Waals surface area (Å²) < 4.78 is 11.5. The molecule has 0 atom stereocenters. The molecule has 1 N–H and O–H groups in total. The normalized spacial score (nSPS) is 10.8. The Bertz CT molecular complexity index is 913. The van der Waals surface area contributed by atoms with E-state index < -0.39 is 0 Å². The second-order valence-electron chi connectivity index (χ2n) is 5.33. The number of rotatable bonds is 8. The van der Waals surface area contributed by atoms with Crippen LogP contribution in [-0.4, -0.2) is 29.0 Å². The van der Waals surface area contributed by atoms with Gasteiger partial charge in [-0.15, -0.1) is 28.2 Å². The van der Waals surface area contributed by atoms with Gasteiger partial charge >= 0.3 is 6.01 Å². The molecule has 0 radical (unpaired) electrons. The number of methoxy groups -OCH3 is 1. The van der Waals surface area contributed by atoms with E-state index in [-0.39, 0.29) is 17.8 Å². The maximum atomic E-state index is 12.0. The Balaban J connectivity index is 1.43. The molecule has 0 aliphatic carbocycles. The maximum absolute atomic E-state index is 12.0. The van der Waals surface area contributed by atoms with E-state index in [9.17, 15) is 4.79 Å². The Morgan fingerprint density at radius 1 is 1.30 bits per heavy atom. The molecule has 27 heavy (non-hydrogen) atoms. The van der Waals surface area contributed by atoms with Gasteiger partial charge in [0.05, 0.1) is 17.0 Å². The molecule has 0 aliphatic rings. The summed E-state index contributed by atoms with van der Waals surface area (Å²) in [5, 5.41) is 10.3. The van der Waals surface area contributed by atoms with Crippen molar-refractivity contribution in [1.82, 2.24) is 10.2 Å². The van der Waals surface area contributed by atoms with Crippen molar-refractivity contribution in [3.63, 3.8) is 0 Å². The quantitative estimate of drug-likeness (QED) is 0.359. The highest BCUT2D eigenvalue weighted by atomic mass is 35.5. The van der Waals surface area contributed by atoms with Crippen LogP contribution in [-0.2, 0) is 4.79 Å². The Hall–Kier alpha value is -1.74. The van der Waals surface area contributed by atoms with Crippen molar-refractivity contribution in [2.24, 2.45) is 0 Å². The fraction of sp³-hybridized carbons (Fsp3) is 0.235. The van der Waals surface area contributed by atoms with Gasteiger partial charge < -0.3 is 9.15 Å². The lowest BCUT2D eigenvalue weighted by atomic mass is 10.3. The second-order valence-corrected chi connectivity index (χ2v) is 8.78. The lowest BCUT2D eigenvalue weighted by Crippen LogP contribution is -2.11. The third-order valence-corrected chi connectivity index (χ3v) is 6.02. The van der Waals surface area contributed by atoms with Crippen LogP contribution < -0.4 is 10.1 Å². The van der Waals surface area contributed by atoms with Gasteiger partial charge in [-0.1, -0.05) is 28.3 Å². The van der Waals surface area contributed by atoms with E-state index in [0.29, 0.717) is 20.7 Å². The number of nitrogens with one attached hydrogen (secondary N) is 1. The first kappa shape index (κ1) is 20.0. The maximum Gasteiger partial charge on any atom is 0.322 e. The molecule has 3 rings (SSSR count). The van der Waals surface area contributed by atoms with E-state index in [4.69, 9.17) is 32.4 Å². The number of benzene rings is 1. The molecule has 142 valence electrons. The highest BCUT2D eigenvalue weighted by molar-refractivity contribution is 7.99. The molecule has 0 fully saturated rings. The molecule has 0 saturated carbocycles. The predicted octanol–water partition coefficient (Wildman–Crippen LogP) is 5.62. The van der Waals surface area contributed by atoms with Crippen molar-refractivity contribution in [2.75, 3.05) is 18.2 Å². The molecule has 1 aromatic carbocycles. The Morgan fingerprint density at radius 3 is 2.74 bits per heavy atom. The van der Waals surface area contributed by atoms with Crippen molar-refractivity contribution in [3.8, 4) is 17.2 Å². The molecule has 6 nitrogen and oxygen atoms in total. The minimum atomic E-state index is -0.185. The van der Waals surface area contributed by atoms with E-state index in [1.54, 1.807) is 24.9 Å². The van der Waals surface area contributed by atoms with Gasteiger partial charge in [0.2, 0.25) is 5.91 Å². The van der Waals surface area contributed by atoms with Gasteiger partial charge in [-0.3, -0.25) is 10.1 Å². The van der Waals surface area contributed by atoms with Gasteiger partial charge in [-0.2, -0.15) is 0 Å². The number of thiophene rings is 1. The first-order valence-corrected chi connectivity index (χ1v) is 10.5. The lowest BCUT2D eigenvalue weighted by molar-refractivity contribution is -0.116. The zero-order valence-corrected chi connectivity index (χ0v) is 17.3. The number of amides is 1. The van der Waals surface area contributed by atoms with Crippen LogP contribution in [0.5, 0.6) is 5.75 Å². The summed E-state index contributed by atoms with van der Waals surface area (Å²) in [6.07, 6.45) is 1.07. The number of ether oxygens (including phenoxy) is 1.